The van der Waals surface area contributed by atoms with E-state index in [1.807, 2.05) is 35.2 Å². The van der Waals surface area contributed by atoms with E-state index in [-0.39, 0.29) is 23.8 Å². The molecule has 0 amide bonds. The van der Waals surface area contributed by atoms with Crippen LogP contribution in [0.25, 0.3) is 10.1 Å². The van der Waals surface area contributed by atoms with Crippen molar-refractivity contribution >= 4 is 45.0 Å². The van der Waals surface area contributed by atoms with Gasteiger partial charge in [-0.3, -0.25) is 0 Å². The quantitative estimate of drug-likeness (QED) is 0.426. The van der Waals surface area contributed by atoms with Crippen molar-refractivity contribution in [2.75, 3.05) is 20.8 Å². The van der Waals surface area contributed by atoms with Gasteiger partial charge in [0.1, 0.15) is 0 Å². The number of carbonyl (C=O) groups excluding carboxylic acids is 2. The van der Waals surface area contributed by atoms with Crippen molar-refractivity contribution in [3.63, 3.8) is 0 Å². The number of aliphatic hydroxyl groups excluding tert-OH is 1. The fourth-order valence-electron chi connectivity index (χ4n) is 3.62. The number of allylic oxidation sites excluding steroid dienone is 2. The third-order valence-electron chi connectivity index (χ3n) is 5.29. The summed E-state index contributed by atoms with van der Waals surface area (Å²) in [6, 6.07) is 7.58. The Morgan fingerprint density at radius 3 is 2.55 bits per heavy atom. The second-order valence-corrected chi connectivity index (χ2v) is 8.90. The van der Waals surface area contributed by atoms with Crippen LogP contribution < -0.4 is 0 Å². The average molecular weight is 488 g/mol. The van der Waals surface area contributed by atoms with Gasteiger partial charge >= 0.3 is 11.9 Å². The summed E-state index contributed by atoms with van der Waals surface area (Å²) in [5.74, 6) is -1.32. The monoisotopic (exact) mass is 487 g/mol. The van der Waals surface area contributed by atoms with Crippen molar-refractivity contribution in [2.24, 2.45) is 0 Å². The summed E-state index contributed by atoms with van der Waals surface area (Å²) in [4.78, 5) is 28.1. The van der Waals surface area contributed by atoms with E-state index in [4.69, 9.17) is 21.1 Å². The van der Waals surface area contributed by atoms with E-state index in [1.165, 1.54) is 14.2 Å². The maximum absolute atomic E-state index is 12.7. The number of hydrogen-bond acceptors (Lipinski definition) is 7. The van der Waals surface area contributed by atoms with Crippen LogP contribution in [0.1, 0.15) is 17.7 Å². The average Bonchev–Trinajstić information content (AvgIpc) is 3.14. The fraction of sp³-hybridized carbons (Fsp3) is 0.280. The van der Waals surface area contributed by atoms with E-state index in [9.17, 15) is 14.7 Å². The molecule has 0 fully saturated rings. The van der Waals surface area contributed by atoms with Crippen LogP contribution in [0, 0.1) is 0 Å². The second-order valence-electron chi connectivity index (χ2n) is 7.39. The van der Waals surface area contributed by atoms with Gasteiger partial charge in [-0.05, 0) is 30.6 Å². The highest BCUT2D eigenvalue weighted by Crippen LogP contribution is 2.37. The third kappa shape index (κ3) is 5.55. The molecule has 174 valence electrons. The van der Waals surface area contributed by atoms with Gasteiger partial charge in [0.2, 0.25) is 0 Å². The number of ether oxygens (including phenoxy) is 2. The Morgan fingerprint density at radius 2 is 1.91 bits per heavy atom. The minimum Gasteiger partial charge on any atom is -0.465 e. The first kappa shape index (κ1) is 24.8. The molecule has 1 aliphatic heterocycles. The van der Waals surface area contributed by atoms with E-state index in [2.05, 4.69) is 6.58 Å². The van der Waals surface area contributed by atoms with Crippen LogP contribution in [0.3, 0.4) is 0 Å². The zero-order chi connectivity index (χ0) is 24.0. The summed E-state index contributed by atoms with van der Waals surface area (Å²) in [7, 11) is 2.52. The van der Waals surface area contributed by atoms with E-state index < -0.39 is 11.9 Å². The molecule has 0 saturated heterocycles. The van der Waals surface area contributed by atoms with E-state index in [1.54, 1.807) is 29.7 Å². The van der Waals surface area contributed by atoms with Gasteiger partial charge in [0, 0.05) is 27.8 Å². The van der Waals surface area contributed by atoms with Crippen LogP contribution in [-0.4, -0.2) is 48.8 Å². The Kier molecular flexibility index (Phi) is 8.49. The zero-order valence-corrected chi connectivity index (χ0v) is 20.1. The van der Waals surface area contributed by atoms with Crippen molar-refractivity contribution < 1.29 is 24.2 Å². The maximum atomic E-state index is 12.7. The number of nitrogens with zero attached hydrogens (tertiary/aromatic N) is 1. The molecule has 3 rings (SSSR count). The Hall–Kier alpha value is -2.87. The molecule has 0 radical (unpaired) electrons. The van der Waals surface area contributed by atoms with Gasteiger partial charge < -0.3 is 19.5 Å². The topological polar surface area (TPSA) is 76.1 Å². The summed E-state index contributed by atoms with van der Waals surface area (Å²) < 4.78 is 11.0. The van der Waals surface area contributed by atoms with E-state index in [0.717, 1.165) is 20.5 Å². The highest BCUT2D eigenvalue weighted by Gasteiger charge is 2.27. The molecule has 1 N–H and O–H groups in total. The predicted molar refractivity (Wildman–Crippen MR) is 131 cm³/mol. The van der Waals surface area contributed by atoms with Crippen LogP contribution in [0.15, 0.2) is 72.0 Å². The number of hydrogen-bond donors (Lipinski definition) is 1. The molecule has 33 heavy (non-hydrogen) atoms. The number of halogens is 1. The number of aliphatic hydroxyl groups is 1. The van der Waals surface area contributed by atoms with Crippen molar-refractivity contribution in [3.05, 3.63) is 81.9 Å². The Balaban J connectivity index is 2.15. The normalized spacial score (nSPS) is 16.3. The van der Waals surface area contributed by atoms with Crippen LogP contribution >= 0.6 is 22.9 Å². The predicted octanol–water partition coefficient (Wildman–Crippen LogP) is 4.78. The summed E-state index contributed by atoms with van der Waals surface area (Å²) >= 11 is 8.25. The summed E-state index contributed by atoms with van der Waals surface area (Å²) in [6.45, 7) is 4.35. The number of fused-ring (bicyclic) bond motifs is 1. The molecule has 0 aliphatic carbocycles. The molecule has 0 saturated carbocycles. The Labute approximate surface area is 202 Å². The largest absolute Gasteiger partial charge is 0.465 e. The smallest absolute Gasteiger partial charge is 0.340 e. The molecule has 0 bridgehead atoms. The van der Waals surface area contributed by atoms with Crippen molar-refractivity contribution in [3.8, 4) is 0 Å². The lowest BCUT2D eigenvalue weighted by Crippen LogP contribution is -2.30. The number of thiophene rings is 1. The Morgan fingerprint density at radius 1 is 1.21 bits per heavy atom. The van der Waals surface area contributed by atoms with Crippen molar-refractivity contribution in [1.82, 2.24) is 4.90 Å². The highest BCUT2D eigenvalue weighted by atomic mass is 35.5. The van der Waals surface area contributed by atoms with Gasteiger partial charge in [0.25, 0.3) is 0 Å². The molecule has 1 aromatic carbocycles. The van der Waals surface area contributed by atoms with Crippen LogP contribution in [0.2, 0.25) is 5.02 Å². The highest BCUT2D eigenvalue weighted by molar-refractivity contribution is 7.19. The Bertz CT molecular complexity index is 1150. The lowest BCUT2D eigenvalue weighted by molar-refractivity contribution is -0.139. The fourth-order valence-corrected chi connectivity index (χ4v) is 5.13. The number of esters is 2. The SMILES string of the molecule is C=CC1C=C(CCCO)C=C(C(=O)OC)C(C(=O)OC)=CN1Cc1sc2ccccc2c1Cl. The van der Waals surface area contributed by atoms with Crippen LogP contribution in [0.5, 0.6) is 0 Å². The molecule has 6 nitrogen and oxygen atoms in total. The van der Waals surface area contributed by atoms with E-state index in [0.29, 0.717) is 24.4 Å². The third-order valence-corrected chi connectivity index (χ3v) is 6.99. The molecular formula is C25H26ClNO5S. The summed E-state index contributed by atoms with van der Waals surface area (Å²) in [6.07, 6.45) is 7.93. The van der Waals surface area contributed by atoms with Crippen LogP contribution in [-0.2, 0) is 25.6 Å². The summed E-state index contributed by atoms with van der Waals surface area (Å²) in [5.41, 5.74) is 0.933. The molecule has 8 heteroatoms. The first-order valence-corrected chi connectivity index (χ1v) is 11.6. The summed E-state index contributed by atoms with van der Waals surface area (Å²) in [5, 5.41) is 10.9. The van der Waals surface area contributed by atoms with Crippen LogP contribution in [0.4, 0.5) is 0 Å². The minimum absolute atomic E-state index is 0.00169. The molecule has 2 aromatic rings. The lowest BCUT2D eigenvalue weighted by Gasteiger charge is -2.29. The van der Waals surface area contributed by atoms with Gasteiger partial charge in [-0.15, -0.1) is 17.9 Å². The number of rotatable bonds is 8. The maximum Gasteiger partial charge on any atom is 0.340 e. The number of methoxy groups -OCH3 is 2. The minimum atomic E-state index is -0.662. The standard InChI is InChI=1S/C25H26ClNO5S/c1-4-17-12-16(8-7-11-28)13-19(24(29)31-2)20(25(30)32-3)14-27(17)15-22-23(26)18-9-5-6-10-21(18)33-22/h4-6,9-10,12-14,17,28H,1,7-8,11,15H2,2-3H3. The van der Waals surface area contributed by atoms with Crippen molar-refractivity contribution in [2.45, 2.75) is 25.4 Å². The number of benzene rings is 1. The van der Waals surface area contributed by atoms with Gasteiger partial charge in [-0.25, -0.2) is 9.59 Å². The first-order valence-electron chi connectivity index (χ1n) is 10.4. The van der Waals surface area contributed by atoms with E-state index >= 15 is 0 Å². The van der Waals surface area contributed by atoms with Gasteiger partial charge in [0.15, 0.2) is 0 Å². The number of carbonyl (C=O) groups is 2. The zero-order valence-electron chi connectivity index (χ0n) is 18.5. The molecule has 2 heterocycles. The molecule has 0 spiro atoms. The van der Waals surface area contributed by atoms with Gasteiger partial charge in [0.05, 0.1) is 43.0 Å². The molecule has 1 atom stereocenters. The molecular weight excluding hydrogens is 462 g/mol. The van der Waals surface area contributed by atoms with Gasteiger partial charge in [-0.2, -0.15) is 0 Å². The van der Waals surface area contributed by atoms with Gasteiger partial charge in [-0.1, -0.05) is 42.0 Å². The lowest BCUT2D eigenvalue weighted by atomic mass is 9.97. The van der Waals surface area contributed by atoms with Crippen molar-refractivity contribution in [1.29, 1.82) is 0 Å². The first-order chi connectivity index (χ1) is 15.9. The second kappa shape index (κ2) is 11.3. The molecule has 1 unspecified atom stereocenters. The molecule has 1 aliphatic rings. The molecule has 1 aromatic heterocycles.